The maximum Gasteiger partial charge on any atom is -0.0129 e. The molecule has 1 aromatic rings. The molecule has 124 valence electrons. The van der Waals surface area contributed by atoms with Gasteiger partial charge in [-0.2, -0.15) is 0 Å². The van der Waals surface area contributed by atoms with E-state index in [0.717, 1.165) is 0 Å². The molecule has 0 aliphatic heterocycles. The summed E-state index contributed by atoms with van der Waals surface area (Å²) in [5.74, 6) is 0. The first-order valence-electron chi connectivity index (χ1n) is 7.65. The van der Waals surface area contributed by atoms with Crippen LogP contribution in [0.4, 0.5) is 0 Å². The van der Waals surface area contributed by atoms with Gasteiger partial charge < -0.3 is 0 Å². The predicted octanol–water partition coefficient (Wildman–Crippen LogP) is 7.36. The van der Waals surface area contributed by atoms with E-state index in [4.69, 9.17) is 0 Å². The highest BCUT2D eigenvalue weighted by atomic mass is 14.3. The Hall–Kier alpha value is -1.04. The maximum absolute atomic E-state index is 3.00. The topological polar surface area (TPSA) is 0 Å². The first-order valence-corrected chi connectivity index (χ1v) is 7.65. The highest BCUT2D eigenvalue weighted by Gasteiger charge is 2.23. The zero-order valence-electron chi connectivity index (χ0n) is 15.6. The Balaban J connectivity index is -0.000000595. The molecule has 0 aromatic heterocycles. The second kappa shape index (κ2) is 9.82. The fourth-order valence-corrected chi connectivity index (χ4v) is 2.42. The second-order valence-electron chi connectivity index (χ2n) is 6.99. The van der Waals surface area contributed by atoms with Crippen LogP contribution in [0, 0.1) is 13.8 Å². The lowest BCUT2D eigenvalue weighted by molar-refractivity contribution is 0.560. The summed E-state index contributed by atoms with van der Waals surface area (Å²) in [6.07, 6.45) is 0. The van der Waals surface area contributed by atoms with E-state index in [1.165, 1.54) is 22.3 Å². The quantitative estimate of drug-likeness (QED) is 0.438. The molecule has 0 aliphatic rings. The molecule has 0 aliphatic carbocycles. The van der Waals surface area contributed by atoms with Gasteiger partial charge in [-0.3, -0.25) is 0 Å². The van der Waals surface area contributed by atoms with Crippen molar-refractivity contribution in [2.75, 3.05) is 0 Å². The smallest absolute Gasteiger partial charge is 0.0129 e. The Morgan fingerprint density at radius 1 is 0.714 bits per heavy atom. The van der Waals surface area contributed by atoms with E-state index in [1.54, 1.807) is 0 Å². The molecule has 0 heterocycles. The minimum atomic E-state index is 0. The molecule has 1 rings (SSSR count). The number of hydrogen-bond acceptors (Lipinski definition) is 0. The molecule has 0 saturated carbocycles. The van der Waals surface area contributed by atoms with E-state index in [9.17, 15) is 0 Å². The highest BCUT2D eigenvalue weighted by Crippen LogP contribution is 2.34. The van der Waals surface area contributed by atoms with Crippen LogP contribution in [-0.2, 0) is 10.8 Å². The molecule has 1 aromatic carbocycles. The third-order valence-electron chi connectivity index (χ3n) is 3.17. The van der Waals surface area contributed by atoms with E-state index in [1.807, 2.05) is 13.8 Å². The molecule has 0 atom stereocenters. The van der Waals surface area contributed by atoms with Crippen LogP contribution in [0.25, 0.3) is 0 Å². The summed E-state index contributed by atoms with van der Waals surface area (Å²) in [5.41, 5.74) is 6.27. The van der Waals surface area contributed by atoms with Gasteiger partial charge in [0.25, 0.3) is 0 Å². The van der Waals surface area contributed by atoms with Crippen molar-refractivity contribution in [3.05, 3.63) is 47.5 Å². The fourth-order valence-electron chi connectivity index (χ4n) is 2.42. The van der Waals surface area contributed by atoms with E-state index >= 15 is 0 Å². The summed E-state index contributed by atoms with van der Waals surface area (Å²) in [5, 5.41) is 0. The molecule has 0 heteroatoms. The van der Waals surface area contributed by atoms with Crippen molar-refractivity contribution >= 4 is 0 Å². The Kier molecular flexibility index (Phi) is 11.7. The van der Waals surface area contributed by atoms with Gasteiger partial charge in [-0.25, -0.2) is 0 Å². The highest BCUT2D eigenvalue weighted by molar-refractivity contribution is 5.44. The van der Waals surface area contributed by atoms with Crippen LogP contribution in [-0.4, -0.2) is 0 Å². The van der Waals surface area contributed by atoms with Crippen molar-refractivity contribution in [2.24, 2.45) is 0 Å². The minimum absolute atomic E-state index is 0. The van der Waals surface area contributed by atoms with Crippen molar-refractivity contribution in [3.63, 3.8) is 0 Å². The van der Waals surface area contributed by atoms with Crippen LogP contribution in [0.2, 0.25) is 0 Å². The lowest BCUT2D eigenvalue weighted by atomic mass is 9.76. The number of rotatable bonds is 0. The van der Waals surface area contributed by atoms with E-state index in [2.05, 4.69) is 80.7 Å². The molecule has 0 radical (unpaired) electrons. The first kappa shape index (κ1) is 24.9. The molecule has 0 spiro atoms. The van der Waals surface area contributed by atoms with E-state index in [0.29, 0.717) is 0 Å². The molecule has 0 bridgehead atoms. The molecule has 0 amide bonds. The van der Waals surface area contributed by atoms with Crippen molar-refractivity contribution in [2.45, 2.75) is 87.5 Å². The second-order valence-corrected chi connectivity index (χ2v) is 6.99. The standard InChI is InChI=1S/C16H26.C2H6.C2H4.CH4/c1-11-9-13(15(3,4)5)12(2)14(10-11)16(6,7)8;2*1-2;/h9-10H,1-8H3;1-2H3;1-2H2;1H4. The SMILES string of the molecule is C.C=C.CC.Cc1cc(C(C)(C)C)c(C)c(C(C)(C)C)c1. The summed E-state index contributed by atoms with van der Waals surface area (Å²) in [6.45, 7) is 28.2. The lowest BCUT2D eigenvalue weighted by Crippen LogP contribution is -2.19. The maximum atomic E-state index is 3.00. The van der Waals surface area contributed by atoms with Crippen LogP contribution in [0.1, 0.15) is 85.1 Å². The third-order valence-corrected chi connectivity index (χ3v) is 3.17. The molecule has 0 fully saturated rings. The third kappa shape index (κ3) is 7.50. The lowest BCUT2D eigenvalue weighted by Gasteiger charge is -2.29. The van der Waals surface area contributed by atoms with Crippen molar-refractivity contribution in [3.8, 4) is 0 Å². The van der Waals surface area contributed by atoms with Gasteiger partial charge in [-0.1, -0.05) is 80.5 Å². The van der Waals surface area contributed by atoms with E-state index < -0.39 is 0 Å². The molecule has 0 nitrogen and oxygen atoms in total. The number of aryl methyl sites for hydroxylation is 1. The molecule has 0 unspecified atom stereocenters. The van der Waals surface area contributed by atoms with Crippen LogP contribution in [0.5, 0.6) is 0 Å². The average Bonchev–Trinajstić information content (AvgIpc) is 2.34. The molecular weight excluding hydrogens is 252 g/mol. The molecule has 21 heavy (non-hydrogen) atoms. The average molecular weight is 293 g/mol. The van der Waals surface area contributed by atoms with Gasteiger partial charge in [0, 0.05) is 0 Å². The van der Waals surface area contributed by atoms with Gasteiger partial charge in [0.2, 0.25) is 0 Å². The minimum Gasteiger partial charge on any atom is -0.106 e. The van der Waals surface area contributed by atoms with Crippen LogP contribution in [0.15, 0.2) is 25.3 Å². The summed E-state index contributed by atoms with van der Waals surface area (Å²) in [6, 6.07) is 4.68. The Bertz CT molecular complexity index is 362. The van der Waals surface area contributed by atoms with Crippen LogP contribution >= 0.6 is 0 Å². The Morgan fingerprint density at radius 2 is 0.952 bits per heavy atom. The van der Waals surface area contributed by atoms with Gasteiger partial charge in [0.05, 0.1) is 0 Å². The van der Waals surface area contributed by atoms with Gasteiger partial charge in [0.1, 0.15) is 0 Å². The normalized spacial score (nSPS) is 10.4. The molecule has 0 N–H and O–H groups in total. The zero-order valence-corrected chi connectivity index (χ0v) is 15.6. The summed E-state index contributed by atoms with van der Waals surface area (Å²) in [7, 11) is 0. The van der Waals surface area contributed by atoms with Crippen LogP contribution < -0.4 is 0 Å². The van der Waals surface area contributed by atoms with E-state index in [-0.39, 0.29) is 18.3 Å². The zero-order chi connectivity index (χ0) is 16.7. The Morgan fingerprint density at radius 3 is 1.14 bits per heavy atom. The number of benzene rings is 1. The van der Waals surface area contributed by atoms with Crippen molar-refractivity contribution in [1.82, 2.24) is 0 Å². The first-order chi connectivity index (χ1) is 9.03. The fraction of sp³-hybridized carbons (Fsp3) is 0.619. The summed E-state index contributed by atoms with van der Waals surface area (Å²) < 4.78 is 0. The molecule has 0 saturated heterocycles. The van der Waals surface area contributed by atoms with Crippen molar-refractivity contribution < 1.29 is 0 Å². The van der Waals surface area contributed by atoms with Gasteiger partial charge in [-0.05, 0) is 41.4 Å². The number of hydrogen-bond donors (Lipinski definition) is 0. The summed E-state index contributed by atoms with van der Waals surface area (Å²) >= 11 is 0. The predicted molar refractivity (Wildman–Crippen MR) is 103 cm³/mol. The molecular formula is C21H40. The van der Waals surface area contributed by atoms with Gasteiger partial charge >= 0.3 is 0 Å². The summed E-state index contributed by atoms with van der Waals surface area (Å²) in [4.78, 5) is 0. The van der Waals surface area contributed by atoms with Crippen LogP contribution in [0.3, 0.4) is 0 Å². The largest absolute Gasteiger partial charge is 0.106 e. The van der Waals surface area contributed by atoms with Gasteiger partial charge in [0.15, 0.2) is 0 Å². The monoisotopic (exact) mass is 292 g/mol. The Labute approximate surface area is 135 Å². The van der Waals surface area contributed by atoms with Crippen molar-refractivity contribution in [1.29, 1.82) is 0 Å². The van der Waals surface area contributed by atoms with Gasteiger partial charge in [-0.15, -0.1) is 13.2 Å².